The lowest BCUT2D eigenvalue weighted by atomic mass is 9.83. The van der Waals surface area contributed by atoms with Crippen LogP contribution in [0.3, 0.4) is 0 Å². The summed E-state index contributed by atoms with van der Waals surface area (Å²) in [5.41, 5.74) is 7.08. The molecular weight excluding hydrogens is 344 g/mol. The molecule has 0 spiro atoms. The van der Waals surface area contributed by atoms with Gasteiger partial charge in [0.15, 0.2) is 8.32 Å². The third kappa shape index (κ3) is 4.10. The van der Waals surface area contributed by atoms with E-state index in [1.165, 1.54) is 0 Å². The van der Waals surface area contributed by atoms with Crippen molar-refractivity contribution in [3.8, 4) is 0 Å². The van der Waals surface area contributed by atoms with Gasteiger partial charge in [-0.1, -0.05) is 32.4 Å². The Labute approximate surface area is 150 Å². The molecule has 1 amide bonds. The van der Waals surface area contributed by atoms with E-state index >= 15 is 0 Å². The fourth-order valence-corrected chi connectivity index (χ4v) is 4.38. The minimum atomic E-state index is -1.93. The Bertz CT molecular complexity index is 616. The molecule has 1 aromatic heterocycles. The number of nitrogens with two attached hydrogens (primary N) is 1. The number of primary amides is 1. The predicted molar refractivity (Wildman–Crippen MR) is 97.8 cm³/mol. The first kappa shape index (κ1) is 19.2. The Hall–Kier alpha value is -1.11. The van der Waals surface area contributed by atoms with Gasteiger partial charge in [-0.3, -0.25) is 0 Å². The van der Waals surface area contributed by atoms with Crippen LogP contribution in [0.25, 0.3) is 0 Å². The number of amides is 1. The summed E-state index contributed by atoms with van der Waals surface area (Å²) in [7, 11) is -1.93. The number of carbonyl (C=O) groups is 1. The van der Waals surface area contributed by atoms with Crippen molar-refractivity contribution in [3.05, 3.63) is 28.5 Å². The molecule has 1 aromatic rings. The summed E-state index contributed by atoms with van der Waals surface area (Å²) in [6.07, 6.45) is 2.56. The molecule has 2 N–H and O–H groups in total. The highest BCUT2D eigenvalue weighted by Gasteiger charge is 2.41. The average Bonchev–Trinajstić information content (AvgIpc) is 2.44. The van der Waals surface area contributed by atoms with E-state index in [2.05, 4.69) is 38.8 Å². The van der Waals surface area contributed by atoms with Crippen molar-refractivity contribution in [2.45, 2.75) is 63.8 Å². The highest BCUT2D eigenvalue weighted by atomic mass is 35.5. The minimum Gasteiger partial charge on any atom is -0.449 e. The van der Waals surface area contributed by atoms with Crippen molar-refractivity contribution in [1.82, 2.24) is 4.98 Å². The van der Waals surface area contributed by atoms with Crippen LogP contribution in [0.2, 0.25) is 23.3 Å². The van der Waals surface area contributed by atoms with Crippen LogP contribution in [0.4, 0.5) is 4.79 Å². The summed E-state index contributed by atoms with van der Waals surface area (Å²) >= 11 is 6.40. The van der Waals surface area contributed by atoms with E-state index in [-0.39, 0.29) is 23.7 Å². The van der Waals surface area contributed by atoms with Gasteiger partial charge in [-0.2, -0.15) is 0 Å². The lowest BCUT2D eigenvalue weighted by Gasteiger charge is -2.42. The van der Waals surface area contributed by atoms with Crippen LogP contribution in [0.1, 0.15) is 56.8 Å². The minimum absolute atomic E-state index is 0.0630. The highest BCUT2D eigenvalue weighted by Crippen LogP contribution is 2.46. The second-order valence-corrected chi connectivity index (χ2v) is 13.0. The van der Waals surface area contributed by atoms with Gasteiger partial charge in [0.2, 0.25) is 0 Å². The smallest absolute Gasteiger partial charge is 0.404 e. The number of carbonyl (C=O) groups excluding carboxylic acids is 1. The van der Waals surface area contributed by atoms with Gasteiger partial charge < -0.3 is 14.9 Å². The standard InChI is InChI=1S/C17H27ClN2O3Si/c1-17(2,3)24(4,5)23-13-7-6-11(10-22-16(19)21)12-8-9-20-15(18)14(12)13/h8-9,11,13H,6-7,10H2,1-5H3,(H2,19,21)/t11-,13?/m0/s1. The van der Waals surface area contributed by atoms with Crippen LogP contribution in [-0.2, 0) is 9.16 Å². The summed E-state index contributed by atoms with van der Waals surface area (Å²) in [6, 6.07) is 1.94. The fraction of sp³-hybridized carbons (Fsp3) is 0.647. The molecule has 24 heavy (non-hydrogen) atoms. The largest absolute Gasteiger partial charge is 0.449 e. The molecule has 0 bridgehead atoms. The predicted octanol–water partition coefficient (Wildman–Crippen LogP) is 4.77. The van der Waals surface area contributed by atoms with Crippen molar-refractivity contribution in [2.24, 2.45) is 5.73 Å². The number of nitrogens with zero attached hydrogens (tertiary/aromatic N) is 1. The quantitative estimate of drug-likeness (QED) is 0.611. The van der Waals surface area contributed by atoms with Gasteiger partial charge in [-0.15, -0.1) is 0 Å². The van der Waals surface area contributed by atoms with Gasteiger partial charge in [-0.25, -0.2) is 9.78 Å². The first-order valence-electron chi connectivity index (χ1n) is 8.27. The molecule has 134 valence electrons. The molecule has 0 fully saturated rings. The number of ether oxygens (including phenoxy) is 1. The Morgan fingerprint density at radius 3 is 2.67 bits per heavy atom. The van der Waals surface area contributed by atoms with Crippen LogP contribution in [-0.4, -0.2) is 26.0 Å². The molecule has 2 rings (SSSR count). The van der Waals surface area contributed by atoms with E-state index in [1.807, 2.05) is 6.07 Å². The van der Waals surface area contributed by atoms with E-state index in [0.717, 1.165) is 24.0 Å². The maximum Gasteiger partial charge on any atom is 0.404 e. The molecule has 0 saturated heterocycles. The number of hydrogen-bond acceptors (Lipinski definition) is 4. The summed E-state index contributed by atoms with van der Waals surface area (Å²) in [6.45, 7) is 11.4. The molecular formula is C17H27ClN2O3Si. The molecule has 5 nitrogen and oxygen atoms in total. The molecule has 1 unspecified atom stereocenters. The number of halogens is 1. The monoisotopic (exact) mass is 370 g/mol. The van der Waals surface area contributed by atoms with Crippen molar-refractivity contribution in [1.29, 1.82) is 0 Å². The van der Waals surface area contributed by atoms with Gasteiger partial charge in [0.05, 0.1) is 6.10 Å². The van der Waals surface area contributed by atoms with Crippen molar-refractivity contribution < 1.29 is 14.0 Å². The molecule has 1 aliphatic carbocycles. The zero-order valence-electron chi connectivity index (χ0n) is 15.1. The molecule has 0 aromatic carbocycles. The van der Waals surface area contributed by atoms with Gasteiger partial charge in [0, 0.05) is 17.7 Å². The van der Waals surface area contributed by atoms with Gasteiger partial charge in [0.1, 0.15) is 11.8 Å². The van der Waals surface area contributed by atoms with Crippen molar-refractivity contribution in [2.75, 3.05) is 6.61 Å². The van der Waals surface area contributed by atoms with E-state index in [9.17, 15) is 4.79 Å². The van der Waals surface area contributed by atoms with Crippen LogP contribution in [0.5, 0.6) is 0 Å². The number of fused-ring (bicyclic) bond motifs is 1. The first-order valence-corrected chi connectivity index (χ1v) is 11.6. The zero-order valence-corrected chi connectivity index (χ0v) is 16.8. The number of pyridine rings is 1. The fourth-order valence-electron chi connectivity index (χ4n) is 2.79. The van der Waals surface area contributed by atoms with Gasteiger partial charge >= 0.3 is 6.09 Å². The SMILES string of the molecule is CC(C)(C)[Si](C)(C)OC1CC[C@@H](COC(N)=O)c2ccnc(Cl)c21. The Kier molecular flexibility index (Phi) is 5.62. The molecule has 2 atom stereocenters. The molecule has 0 radical (unpaired) electrons. The van der Waals surface area contributed by atoms with Gasteiger partial charge in [0.25, 0.3) is 0 Å². The third-order valence-corrected chi connectivity index (χ3v) is 9.97. The molecule has 7 heteroatoms. The maximum atomic E-state index is 10.9. The summed E-state index contributed by atoms with van der Waals surface area (Å²) < 4.78 is 11.6. The molecule has 0 saturated carbocycles. The molecule has 0 aliphatic heterocycles. The van der Waals surface area contributed by atoms with E-state index in [0.29, 0.717) is 5.15 Å². The summed E-state index contributed by atoms with van der Waals surface area (Å²) in [4.78, 5) is 15.2. The first-order chi connectivity index (χ1) is 11.0. The third-order valence-electron chi connectivity index (χ3n) is 5.18. The highest BCUT2D eigenvalue weighted by molar-refractivity contribution is 6.74. The topological polar surface area (TPSA) is 74.4 Å². The molecule has 1 aliphatic rings. The van der Waals surface area contributed by atoms with Crippen molar-refractivity contribution in [3.63, 3.8) is 0 Å². The summed E-state index contributed by atoms with van der Waals surface area (Å²) in [5.74, 6) is 0.0762. The second kappa shape index (κ2) is 7.02. The molecule has 1 heterocycles. The zero-order chi connectivity index (χ0) is 18.1. The average molecular weight is 371 g/mol. The van der Waals surface area contributed by atoms with Crippen LogP contribution >= 0.6 is 11.6 Å². The van der Waals surface area contributed by atoms with Crippen LogP contribution < -0.4 is 5.73 Å². The maximum absolute atomic E-state index is 10.9. The lowest BCUT2D eigenvalue weighted by Crippen LogP contribution is -2.42. The number of rotatable bonds is 4. The second-order valence-electron chi connectivity index (χ2n) is 7.88. The normalized spacial score (nSPS) is 21.2. The van der Waals surface area contributed by atoms with Gasteiger partial charge in [-0.05, 0) is 42.6 Å². The number of aromatic nitrogens is 1. The van der Waals surface area contributed by atoms with Crippen molar-refractivity contribution >= 4 is 26.0 Å². The lowest BCUT2D eigenvalue weighted by molar-refractivity contribution is 0.126. The summed E-state index contributed by atoms with van der Waals surface area (Å²) in [5, 5.41) is 0.591. The van der Waals surface area contributed by atoms with Crippen LogP contribution in [0, 0.1) is 0 Å². The van der Waals surface area contributed by atoms with E-state index < -0.39 is 14.4 Å². The van der Waals surface area contributed by atoms with Crippen LogP contribution in [0.15, 0.2) is 12.3 Å². The number of hydrogen-bond donors (Lipinski definition) is 1. The Morgan fingerprint density at radius 2 is 2.08 bits per heavy atom. The Balaban J connectivity index is 2.31. The van der Waals surface area contributed by atoms with E-state index in [4.69, 9.17) is 26.5 Å². The van der Waals surface area contributed by atoms with E-state index in [1.54, 1.807) is 6.20 Å². The Morgan fingerprint density at radius 1 is 1.42 bits per heavy atom.